The second-order valence-electron chi connectivity index (χ2n) is 3.55. The molecular formula is C13H9NO2S. The van der Waals surface area contributed by atoms with Crippen molar-refractivity contribution in [3.05, 3.63) is 48.5 Å². The van der Waals surface area contributed by atoms with E-state index >= 15 is 0 Å². The average Bonchev–Trinajstić information content (AvgIpc) is 2.76. The van der Waals surface area contributed by atoms with Crippen molar-refractivity contribution in [2.75, 3.05) is 0 Å². The third-order valence-corrected chi connectivity index (χ3v) is 3.47. The summed E-state index contributed by atoms with van der Waals surface area (Å²) in [5.74, 6) is 0.254. The Hall–Kier alpha value is -1.94. The van der Waals surface area contributed by atoms with Gasteiger partial charge in [0.1, 0.15) is 5.75 Å². The van der Waals surface area contributed by atoms with Crippen LogP contribution in [0.3, 0.4) is 0 Å². The van der Waals surface area contributed by atoms with Crippen LogP contribution in [0.4, 0.5) is 0 Å². The van der Waals surface area contributed by atoms with Gasteiger partial charge in [-0.3, -0.25) is 0 Å². The van der Waals surface area contributed by atoms with Gasteiger partial charge in [0, 0.05) is 0 Å². The van der Waals surface area contributed by atoms with Gasteiger partial charge in [-0.15, -0.1) is 0 Å². The Morgan fingerprint density at radius 2 is 1.76 bits per heavy atom. The zero-order valence-corrected chi connectivity index (χ0v) is 9.65. The van der Waals surface area contributed by atoms with Gasteiger partial charge in [-0.05, 0) is 24.3 Å². The van der Waals surface area contributed by atoms with Crippen LogP contribution in [0.25, 0.3) is 11.0 Å². The number of nitrogens with zero attached hydrogens (tertiary/aromatic N) is 1. The molecule has 0 aliphatic heterocycles. The number of aromatic hydroxyl groups is 1. The number of para-hydroxylation sites is 2. The SMILES string of the molecule is Oc1ccccc1Sc1noc2ccccc12. The molecule has 0 atom stereocenters. The Bertz CT molecular complexity index is 663. The van der Waals surface area contributed by atoms with Crippen molar-refractivity contribution >= 4 is 22.7 Å². The van der Waals surface area contributed by atoms with Crippen LogP contribution < -0.4 is 0 Å². The molecule has 0 aliphatic carbocycles. The minimum atomic E-state index is 0.254. The van der Waals surface area contributed by atoms with Gasteiger partial charge < -0.3 is 9.63 Å². The predicted octanol–water partition coefficient (Wildman–Crippen LogP) is 3.68. The maximum atomic E-state index is 9.70. The van der Waals surface area contributed by atoms with Crippen molar-refractivity contribution in [1.82, 2.24) is 5.16 Å². The van der Waals surface area contributed by atoms with E-state index in [-0.39, 0.29) is 5.75 Å². The van der Waals surface area contributed by atoms with Gasteiger partial charge in [-0.25, -0.2) is 0 Å². The normalized spacial score (nSPS) is 10.8. The molecular weight excluding hydrogens is 234 g/mol. The molecule has 0 unspecified atom stereocenters. The van der Waals surface area contributed by atoms with Gasteiger partial charge >= 0.3 is 0 Å². The first-order valence-electron chi connectivity index (χ1n) is 5.15. The highest BCUT2D eigenvalue weighted by Crippen LogP contribution is 2.36. The third-order valence-electron chi connectivity index (χ3n) is 2.42. The van der Waals surface area contributed by atoms with Crippen LogP contribution in [0.5, 0.6) is 5.75 Å². The van der Waals surface area contributed by atoms with Crippen molar-refractivity contribution in [2.24, 2.45) is 0 Å². The van der Waals surface area contributed by atoms with Crippen LogP contribution in [0.2, 0.25) is 0 Å². The molecule has 0 saturated carbocycles. The molecule has 0 saturated heterocycles. The molecule has 0 aliphatic rings. The van der Waals surface area contributed by atoms with Gasteiger partial charge in [0.25, 0.3) is 0 Å². The molecule has 0 radical (unpaired) electrons. The quantitative estimate of drug-likeness (QED) is 0.745. The highest BCUT2D eigenvalue weighted by atomic mass is 32.2. The standard InChI is InChI=1S/C13H9NO2S/c15-10-6-2-4-8-12(10)17-13-9-5-1-3-7-11(9)16-14-13/h1-8,15H. The minimum absolute atomic E-state index is 0.254. The largest absolute Gasteiger partial charge is 0.507 e. The van der Waals surface area contributed by atoms with Crippen LogP contribution in [-0.2, 0) is 0 Å². The third kappa shape index (κ3) is 1.87. The van der Waals surface area contributed by atoms with Crippen molar-refractivity contribution in [1.29, 1.82) is 0 Å². The van der Waals surface area contributed by atoms with E-state index in [1.807, 2.05) is 36.4 Å². The van der Waals surface area contributed by atoms with E-state index in [9.17, 15) is 5.11 Å². The van der Waals surface area contributed by atoms with Crippen molar-refractivity contribution in [2.45, 2.75) is 9.92 Å². The lowest BCUT2D eigenvalue weighted by molar-refractivity contribution is 0.437. The Kier molecular flexibility index (Phi) is 2.49. The molecule has 0 amide bonds. The summed E-state index contributed by atoms with van der Waals surface area (Å²) in [5, 5.41) is 15.4. The Morgan fingerprint density at radius 3 is 2.65 bits per heavy atom. The second kappa shape index (κ2) is 4.14. The number of aromatic nitrogens is 1. The maximum Gasteiger partial charge on any atom is 0.168 e. The fraction of sp³-hybridized carbons (Fsp3) is 0. The molecule has 1 aromatic heterocycles. The lowest BCUT2D eigenvalue weighted by Crippen LogP contribution is -1.75. The van der Waals surface area contributed by atoms with Crippen molar-refractivity contribution < 1.29 is 9.63 Å². The first-order valence-corrected chi connectivity index (χ1v) is 5.96. The lowest BCUT2D eigenvalue weighted by Gasteiger charge is -2.00. The van der Waals surface area contributed by atoms with Gasteiger partial charge in [0.05, 0.1) is 10.3 Å². The number of benzene rings is 2. The Balaban J connectivity index is 2.03. The smallest absolute Gasteiger partial charge is 0.168 e. The van der Waals surface area contributed by atoms with E-state index < -0.39 is 0 Å². The van der Waals surface area contributed by atoms with Crippen LogP contribution in [-0.4, -0.2) is 10.3 Å². The highest BCUT2D eigenvalue weighted by Gasteiger charge is 2.10. The maximum absolute atomic E-state index is 9.70. The first-order chi connectivity index (χ1) is 8.34. The molecule has 0 fully saturated rings. The molecule has 17 heavy (non-hydrogen) atoms. The van der Waals surface area contributed by atoms with Crippen molar-refractivity contribution in [3.63, 3.8) is 0 Å². The number of phenols is 1. The topological polar surface area (TPSA) is 46.3 Å². The second-order valence-corrected chi connectivity index (χ2v) is 4.58. The summed E-state index contributed by atoms with van der Waals surface area (Å²) in [5.41, 5.74) is 0.755. The van der Waals surface area contributed by atoms with E-state index in [2.05, 4.69) is 5.16 Å². The lowest BCUT2D eigenvalue weighted by atomic mass is 10.3. The summed E-state index contributed by atoms with van der Waals surface area (Å²) in [6, 6.07) is 14.8. The van der Waals surface area contributed by atoms with Gasteiger partial charge in [0.2, 0.25) is 0 Å². The summed E-state index contributed by atoms with van der Waals surface area (Å²) in [6.45, 7) is 0. The van der Waals surface area contributed by atoms with E-state index in [0.29, 0.717) is 0 Å². The van der Waals surface area contributed by atoms with E-state index in [1.54, 1.807) is 12.1 Å². The van der Waals surface area contributed by atoms with E-state index in [1.165, 1.54) is 11.8 Å². The summed E-state index contributed by atoms with van der Waals surface area (Å²) in [7, 11) is 0. The van der Waals surface area contributed by atoms with E-state index in [0.717, 1.165) is 20.9 Å². The fourth-order valence-electron chi connectivity index (χ4n) is 1.58. The molecule has 84 valence electrons. The first kappa shape index (κ1) is 10.2. The molecule has 3 rings (SSSR count). The summed E-state index contributed by atoms with van der Waals surface area (Å²) >= 11 is 1.40. The minimum Gasteiger partial charge on any atom is -0.507 e. The van der Waals surface area contributed by atoms with E-state index in [4.69, 9.17) is 4.52 Å². The average molecular weight is 243 g/mol. The van der Waals surface area contributed by atoms with Crippen LogP contribution in [0, 0.1) is 0 Å². The predicted molar refractivity (Wildman–Crippen MR) is 66.2 cm³/mol. The summed E-state index contributed by atoms with van der Waals surface area (Å²) < 4.78 is 5.21. The number of rotatable bonds is 2. The van der Waals surface area contributed by atoms with Crippen molar-refractivity contribution in [3.8, 4) is 5.75 Å². The fourth-order valence-corrected chi connectivity index (χ4v) is 2.46. The molecule has 3 nitrogen and oxygen atoms in total. The number of hydrogen-bond acceptors (Lipinski definition) is 4. The monoisotopic (exact) mass is 243 g/mol. The summed E-state index contributed by atoms with van der Waals surface area (Å²) in [6.07, 6.45) is 0. The number of phenolic OH excluding ortho intramolecular Hbond substituents is 1. The van der Waals surface area contributed by atoms with Gasteiger partial charge in [-0.1, -0.05) is 41.2 Å². The number of fused-ring (bicyclic) bond motifs is 1. The number of hydrogen-bond donors (Lipinski definition) is 1. The summed E-state index contributed by atoms with van der Waals surface area (Å²) in [4.78, 5) is 0.770. The molecule has 3 aromatic rings. The van der Waals surface area contributed by atoms with Crippen LogP contribution >= 0.6 is 11.8 Å². The highest BCUT2D eigenvalue weighted by molar-refractivity contribution is 7.99. The molecule has 2 aromatic carbocycles. The molecule has 0 spiro atoms. The van der Waals surface area contributed by atoms with Crippen LogP contribution in [0.15, 0.2) is 63.0 Å². The van der Waals surface area contributed by atoms with Gasteiger partial charge in [-0.2, -0.15) is 0 Å². The zero-order valence-electron chi connectivity index (χ0n) is 8.83. The van der Waals surface area contributed by atoms with Crippen LogP contribution in [0.1, 0.15) is 0 Å². The van der Waals surface area contributed by atoms with Gasteiger partial charge in [0.15, 0.2) is 10.6 Å². The Labute approximate surface area is 102 Å². The Morgan fingerprint density at radius 1 is 1.00 bits per heavy atom. The zero-order chi connectivity index (χ0) is 11.7. The molecule has 1 N–H and O–H groups in total. The molecule has 0 bridgehead atoms. The molecule has 1 heterocycles. The molecule has 4 heteroatoms.